The van der Waals surface area contributed by atoms with Gasteiger partial charge in [0.1, 0.15) is 12.4 Å². The van der Waals surface area contributed by atoms with Gasteiger partial charge in [-0.3, -0.25) is 10.1 Å². The zero-order chi connectivity index (χ0) is 10.6. The Hall–Kier alpha value is -2.22. The first-order valence-electron chi connectivity index (χ1n) is 3.74. The SMILES string of the molecule is C#CCOc1cc(N)cc([N+](=O)[O-])c1. The number of anilines is 1. The summed E-state index contributed by atoms with van der Waals surface area (Å²) < 4.78 is 5.01. The zero-order valence-corrected chi connectivity index (χ0v) is 7.27. The summed E-state index contributed by atoms with van der Waals surface area (Å²) in [5, 5.41) is 10.4. The van der Waals surface area contributed by atoms with E-state index in [2.05, 4.69) is 5.92 Å². The number of nitrogens with two attached hydrogens (primary N) is 1. The van der Waals surface area contributed by atoms with E-state index in [-0.39, 0.29) is 18.0 Å². The average molecular weight is 192 g/mol. The summed E-state index contributed by atoms with van der Waals surface area (Å²) in [6.45, 7) is 0.0562. The molecule has 0 unspecified atom stereocenters. The highest BCUT2D eigenvalue weighted by Gasteiger charge is 2.08. The smallest absolute Gasteiger partial charge is 0.275 e. The highest BCUT2D eigenvalue weighted by Crippen LogP contribution is 2.23. The molecular formula is C9H8N2O3. The number of rotatable bonds is 3. The van der Waals surface area contributed by atoms with E-state index in [9.17, 15) is 10.1 Å². The van der Waals surface area contributed by atoms with Crippen LogP contribution in [0, 0.1) is 22.5 Å². The monoisotopic (exact) mass is 192 g/mol. The number of hydrogen-bond acceptors (Lipinski definition) is 4. The van der Waals surface area contributed by atoms with Crippen molar-refractivity contribution in [1.82, 2.24) is 0 Å². The Morgan fingerprint density at radius 2 is 2.29 bits per heavy atom. The Bertz CT molecular complexity index is 396. The Morgan fingerprint density at radius 3 is 2.86 bits per heavy atom. The van der Waals surface area contributed by atoms with Crippen LogP contribution in [0.3, 0.4) is 0 Å². The van der Waals surface area contributed by atoms with Crippen molar-refractivity contribution in [2.75, 3.05) is 12.3 Å². The molecule has 0 amide bonds. The molecule has 1 rings (SSSR count). The lowest BCUT2D eigenvalue weighted by atomic mass is 10.2. The van der Waals surface area contributed by atoms with E-state index in [1.54, 1.807) is 0 Å². The number of ether oxygens (including phenoxy) is 1. The lowest BCUT2D eigenvalue weighted by Gasteiger charge is -2.02. The van der Waals surface area contributed by atoms with Gasteiger partial charge in [0.15, 0.2) is 0 Å². The van der Waals surface area contributed by atoms with Crippen LogP contribution in [-0.2, 0) is 0 Å². The fourth-order valence-corrected chi connectivity index (χ4v) is 0.920. The Kier molecular flexibility index (Phi) is 2.92. The molecular weight excluding hydrogens is 184 g/mol. The van der Waals surface area contributed by atoms with Crippen LogP contribution in [0.1, 0.15) is 0 Å². The Morgan fingerprint density at radius 1 is 1.57 bits per heavy atom. The normalized spacial score (nSPS) is 9.07. The van der Waals surface area contributed by atoms with Crippen LogP contribution in [0.5, 0.6) is 5.75 Å². The third-order valence-electron chi connectivity index (χ3n) is 1.45. The van der Waals surface area contributed by atoms with Crippen molar-refractivity contribution in [2.24, 2.45) is 0 Å². The van der Waals surface area contributed by atoms with Crippen molar-refractivity contribution in [3.8, 4) is 18.1 Å². The summed E-state index contributed by atoms with van der Waals surface area (Å²) >= 11 is 0. The molecule has 0 radical (unpaired) electrons. The minimum atomic E-state index is -0.543. The first-order chi connectivity index (χ1) is 6.63. The van der Waals surface area contributed by atoms with Crippen LogP contribution in [0.15, 0.2) is 18.2 Å². The molecule has 0 spiro atoms. The van der Waals surface area contributed by atoms with Crippen LogP contribution in [0.2, 0.25) is 0 Å². The van der Waals surface area contributed by atoms with Gasteiger partial charge in [-0.25, -0.2) is 0 Å². The lowest BCUT2D eigenvalue weighted by Crippen LogP contribution is -1.97. The van der Waals surface area contributed by atoms with E-state index in [0.29, 0.717) is 5.75 Å². The predicted molar refractivity (Wildman–Crippen MR) is 51.8 cm³/mol. The van der Waals surface area contributed by atoms with Gasteiger partial charge in [-0.2, -0.15) is 0 Å². The molecule has 2 N–H and O–H groups in total. The minimum absolute atomic E-state index is 0.0562. The molecule has 72 valence electrons. The topological polar surface area (TPSA) is 78.4 Å². The van der Waals surface area contributed by atoms with Crippen LogP contribution < -0.4 is 10.5 Å². The fourth-order valence-electron chi connectivity index (χ4n) is 0.920. The van der Waals surface area contributed by atoms with Crippen LogP contribution >= 0.6 is 0 Å². The van der Waals surface area contributed by atoms with Crippen molar-refractivity contribution in [3.63, 3.8) is 0 Å². The number of hydrogen-bond donors (Lipinski definition) is 1. The molecule has 0 heterocycles. The number of non-ortho nitro benzene ring substituents is 1. The highest BCUT2D eigenvalue weighted by atomic mass is 16.6. The van der Waals surface area contributed by atoms with Gasteiger partial charge in [0, 0.05) is 17.8 Å². The van der Waals surface area contributed by atoms with Crippen LogP contribution in [0.25, 0.3) is 0 Å². The second-order valence-electron chi connectivity index (χ2n) is 2.51. The predicted octanol–water partition coefficient (Wildman–Crippen LogP) is 1.19. The van der Waals surface area contributed by atoms with Crippen molar-refractivity contribution < 1.29 is 9.66 Å². The number of nitrogen functional groups attached to an aromatic ring is 1. The van der Waals surface area contributed by atoms with E-state index >= 15 is 0 Å². The zero-order valence-electron chi connectivity index (χ0n) is 7.27. The molecule has 1 aromatic rings. The molecule has 0 aliphatic rings. The second kappa shape index (κ2) is 4.14. The van der Waals surface area contributed by atoms with Gasteiger partial charge in [-0.15, -0.1) is 6.42 Å². The summed E-state index contributed by atoms with van der Waals surface area (Å²) in [7, 11) is 0. The van der Waals surface area contributed by atoms with E-state index in [4.69, 9.17) is 16.9 Å². The standard InChI is InChI=1S/C9H8N2O3/c1-2-3-14-9-5-7(10)4-8(6-9)11(12)13/h1,4-6H,3,10H2. The largest absolute Gasteiger partial charge is 0.481 e. The Balaban J connectivity index is 2.96. The quantitative estimate of drug-likeness (QED) is 0.337. The summed E-state index contributed by atoms with van der Waals surface area (Å²) in [5.41, 5.74) is 5.59. The molecule has 0 bridgehead atoms. The summed E-state index contributed by atoms with van der Waals surface area (Å²) in [6.07, 6.45) is 4.97. The van der Waals surface area contributed by atoms with Gasteiger partial charge < -0.3 is 10.5 Å². The first kappa shape index (κ1) is 9.86. The number of nitro groups is 1. The average Bonchev–Trinajstić information content (AvgIpc) is 2.14. The number of terminal acetylenes is 1. The van der Waals surface area contributed by atoms with Crippen molar-refractivity contribution in [2.45, 2.75) is 0 Å². The van der Waals surface area contributed by atoms with Gasteiger partial charge in [0.25, 0.3) is 5.69 Å². The van der Waals surface area contributed by atoms with Crippen LogP contribution in [-0.4, -0.2) is 11.5 Å². The summed E-state index contributed by atoms with van der Waals surface area (Å²) in [5.74, 6) is 2.55. The first-order valence-corrected chi connectivity index (χ1v) is 3.74. The van der Waals surface area contributed by atoms with E-state index in [1.807, 2.05) is 0 Å². The minimum Gasteiger partial charge on any atom is -0.481 e. The molecule has 0 fully saturated rings. The molecule has 0 saturated carbocycles. The van der Waals surface area contributed by atoms with Gasteiger partial charge >= 0.3 is 0 Å². The van der Waals surface area contributed by atoms with Gasteiger partial charge in [0.2, 0.25) is 0 Å². The molecule has 5 nitrogen and oxygen atoms in total. The molecule has 0 saturated heterocycles. The lowest BCUT2D eigenvalue weighted by molar-refractivity contribution is -0.384. The van der Waals surface area contributed by atoms with Gasteiger partial charge in [0.05, 0.1) is 11.0 Å². The van der Waals surface area contributed by atoms with E-state index < -0.39 is 4.92 Å². The molecule has 0 aromatic heterocycles. The molecule has 14 heavy (non-hydrogen) atoms. The maximum atomic E-state index is 10.4. The number of nitrogens with zero attached hydrogens (tertiary/aromatic N) is 1. The highest BCUT2D eigenvalue weighted by molar-refractivity contribution is 5.53. The molecule has 0 aliphatic carbocycles. The van der Waals surface area contributed by atoms with E-state index in [0.717, 1.165) is 0 Å². The number of benzene rings is 1. The fraction of sp³-hybridized carbons (Fsp3) is 0.111. The molecule has 5 heteroatoms. The van der Waals surface area contributed by atoms with E-state index in [1.165, 1.54) is 18.2 Å². The maximum absolute atomic E-state index is 10.4. The molecule has 0 aliphatic heterocycles. The van der Waals surface area contributed by atoms with Crippen molar-refractivity contribution in [1.29, 1.82) is 0 Å². The van der Waals surface area contributed by atoms with Gasteiger partial charge in [-0.1, -0.05) is 5.92 Å². The Labute approximate surface area is 80.6 Å². The maximum Gasteiger partial charge on any atom is 0.275 e. The molecule has 1 aromatic carbocycles. The van der Waals surface area contributed by atoms with Crippen molar-refractivity contribution in [3.05, 3.63) is 28.3 Å². The third-order valence-corrected chi connectivity index (χ3v) is 1.45. The summed E-state index contributed by atoms with van der Waals surface area (Å²) in [4.78, 5) is 9.89. The third kappa shape index (κ3) is 2.38. The van der Waals surface area contributed by atoms with Crippen LogP contribution in [0.4, 0.5) is 11.4 Å². The second-order valence-corrected chi connectivity index (χ2v) is 2.51. The number of nitro benzene ring substituents is 1. The van der Waals surface area contributed by atoms with Crippen molar-refractivity contribution >= 4 is 11.4 Å². The van der Waals surface area contributed by atoms with Gasteiger partial charge in [-0.05, 0) is 0 Å². The summed E-state index contributed by atoms with van der Waals surface area (Å²) in [6, 6.07) is 4.00. The molecule has 0 atom stereocenters.